The molecule has 14 heavy (non-hydrogen) atoms. The number of aliphatic hydroxyl groups is 1. The molecule has 0 radical (unpaired) electrons. The van der Waals surface area contributed by atoms with Gasteiger partial charge < -0.3 is 15.2 Å². The average Bonchev–Trinajstić information content (AvgIpc) is 2.13. The Balaban J connectivity index is 4.40. The van der Waals surface area contributed by atoms with Crippen LogP contribution >= 0.6 is 0 Å². The van der Waals surface area contributed by atoms with Crippen LogP contribution in [0.1, 0.15) is 20.8 Å². The molecular weight excluding hydrogens is 186 g/mol. The average molecular weight is 203 g/mol. The molecule has 0 heterocycles. The Hall–Kier alpha value is -1.10. The van der Waals surface area contributed by atoms with Crippen molar-refractivity contribution in [2.75, 3.05) is 6.61 Å². The first kappa shape index (κ1) is 12.9. The molecule has 0 saturated carbocycles. The number of nitrogens with one attached hydrogen (secondary N) is 1. The Morgan fingerprint density at radius 3 is 2.50 bits per heavy atom. The van der Waals surface area contributed by atoms with E-state index in [1.807, 2.05) is 0 Å². The van der Waals surface area contributed by atoms with Crippen LogP contribution in [0.25, 0.3) is 0 Å². The van der Waals surface area contributed by atoms with Gasteiger partial charge >= 0.3 is 5.97 Å². The van der Waals surface area contributed by atoms with Gasteiger partial charge in [0.25, 0.3) is 0 Å². The number of amides is 1. The number of hydrogen-bond acceptors (Lipinski definition) is 4. The highest BCUT2D eigenvalue weighted by atomic mass is 16.5. The number of rotatable bonds is 6. The Bertz CT molecular complexity index is 193. The van der Waals surface area contributed by atoms with Crippen LogP contribution in [0.4, 0.5) is 0 Å². The summed E-state index contributed by atoms with van der Waals surface area (Å²) in [6.07, 6.45) is -0.549. The number of esters is 1. The van der Waals surface area contributed by atoms with Gasteiger partial charge in [-0.15, -0.1) is 0 Å². The monoisotopic (exact) mass is 203 g/mol. The van der Waals surface area contributed by atoms with Crippen molar-refractivity contribution in [1.82, 2.24) is 5.32 Å². The maximum Gasteiger partial charge on any atom is 0.331 e. The Kier molecular flexibility index (Phi) is 5.87. The Morgan fingerprint density at radius 2 is 2.14 bits per heavy atom. The van der Waals surface area contributed by atoms with Gasteiger partial charge in [0.15, 0.2) is 6.04 Å². The summed E-state index contributed by atoms with van der Waals surface area (Å²) in [5.74, 6) is -0.738. The molecule has 2 N–H and O–H groups in total. The molecule has 0 aliphatic carbocycles. The summed E-state index contributed by atoms with van der Waals surface area (Å²) in [7, 11) is 0. The molecule has 0 spiro atoms. The van der Waals surface area contributed by atoms with Gasteiger partial charge in [0.05, 0.1) is 12.7 Å². The molecule has 0 aromatic heterocycles. The van der Waals surface area contributed by atoms with E-state index in [2.05, 4.69) is 5.32 Å². The lowest BCUT2D eigenvalue weighted by molar-refractivity contribution is -0.150. The van der Waals surface area contributed by atoms with Crippen LogP contribution in [0.15, 0.2) is 0 Å². The van der Waals surface area contributed by atoms with E-state index in [1.54, 1.807) is 20.8 Å². The van der Waals surface area contributed by atoms with Gasteiger partial charge in [-0.05, 0) is 12.8 Å². The van der Waals surface area contributed by atoms with Crippen molar-refractivity contribution in [3.63, 3.8) is 0 Å². The van der Waals surface area contributed by atoms with Crippen LogP contribution in [0.5, 0.6) is 0 Å². The van der Waals surface area contributed by atoms with Crippen molar-refractivity contribution in [1.29, 1.82) is 0 Å². The fourth-order valence-electron chi connectivity index (χ4n) is 0.996. The van der Waals surface area contributed by atoms with Gasteiger partial charge in [0, 0.05) is 0 Å². The van der Waals surface area contributed by atoms with E-state index in [0.717, 1.165) is 0 Å². The highest BCUT2D eigenvalue weighted by Gasteiger charge is 2.29. The molecule has 5 heteroatoms. The summed E-state index contributed by atoms with van der Waals surface area (Å²) >= 11 is 0. The Morgan fingerprint density at radius 1 is 1.57 bits per heavy atom. The molecule has 0 fully saturated rings. The fourth-order valence-corrected chi connectivity index (χ4v) is 0.996. The summed E-state index contributed by atoms with van der Waals surface area (Å²) in [6.45, 7) is 5.39. The van der Waals surface area contributed by atoms with Gasteiger partial charge in [0.2, 0.25) is 6.41 Å². The van der Waals surface area contributed by atoms with Crippen molar-refractivity contribution in [2.24, 2.45) is 5.92 Å². The molecule has 0 aliphatic heterocycles. The molecule has 0 bridgehead atoms. The molecule has 0 aliphatic rings. The molecule has 0 rings (SSSR count). The number of ether oxygens (including phenoxy) is 1. The molecule has 0 aromatic rings. The lowest BCUT2D eigenvalue weighted by Gasteiger charge is -2.23. The molecule has 2 unspecified atom stereocenters. The topological polar surface area (TPSA) is 75.6 Å². The van der Waals surface area contributed by atoms with Crippen LogP contribution in [0.3, 0.4) is 0 Å². The number of aliphatic hydroxyl groups excluding tert-OH is 1. The molecule has 1 amide bonds. The highest BCUT2D eigenvalue weighted by Crippen LogP contribution is 2.07. The first-order chi connectivity index (χ1) is 6.54. The van der Waals surface area contributed by atoms with E-state index < -0.39 is 18.1 Å². The van der Waals surface area contributed by atoms with Crippen LogP contribution in [-0.2, 0) is 14.3 Å². The zero-order valence-electron chi connectivity index (χ0n) is 8.69. The summed E-state index contributed by atoms with van der Waals surface area (Å²) in [5.41, 5.74) is 0. The first-order valence-electron chi connectivity index (χ1n) is 4.59. The number of hydrogen-bond donors (Lipinski definition) is 2. The third-order valence-electron chi connectivity index (χ3n) is 1.81. The molecule has 0 aromatic carbocycles. The fraction of sp³-hybridized carbons (Fsp3) is 0.778. The lowest BCUT2D eigenvalue weighted by Crippen LogP contribution is -2.48. The molecule has 82 valence electrons. The zero-order valence-corrected chi connectivity index (χ0v) is 8.69. The van der Waals surface area contributed by atoms with Crippen LogP contribution in [0.2, 0.25) is 0 Å². The van der Waals surface area contributed by atoms with E-state index >= 15 is 0 Å². The maximum absolute atomic E-state index is 11.3. The van der Waals surface area contributed by atoms with E-state index in [9.17, 15) is 14.7 Å². The normalized spacial score (nSPS) is 14.6. The SMILES string of the molecule is CCOC(=O)C(NC=O)C(O)C(C)C. The van der Waals surface area contributed by atoms with Crippen molar-refractivity contribution in [3.05, 3.63) is 0 Å². The summed E-state index contributed by atoms with van der Waals surface area (Å²) < 4.78 is 4.71. The molecular formula is C9H17NO4. The predicted molar refractivity (Wildman–Crippen MR) is 50.5 cm³/mol. The third-order valence-corrected chi connectivity index (χ3v) is 1.81. The van der Waals surface area contributed by atoms with Crippen molar-refractivity contribution < 1.29 is 19.4 Å². The highest BCUT2D eigenvalue weighted by molar-refractivity contribution is 5.78. The van der Waals surface area contributed by atoms with E-state index in [4.69, 9.17) is 4.74 Å². The molecule has 2 atom stereocenters. The van der Waals surface area contributed by atoms with Crippen molar-refractivity contribution in [2.45, 2.75) is 32.9 Å². The number of carbonyl (C=O) groups is 2. The minimum absolute atomic E-state index is 0.128. The standard InChI is InChI=1S/C9H17NO4/c1-4-14-9(13)7(10-5-11)8(12)6(2)3/h5-8,12H,4H2,1-3H3,(H,10,11). The first-order valence-corrected chi connectivity index (χ1v) is 4.59. The second kappa shape index (κ2) is 6.37. The summed E-state index contributed by atoms with van der Waals surface area (Å²) in [4.78, 5) is 21.5. The van der Waals surface area contributed by atoms with Gasteiger partial charge in [-0.3, -0.25) is 4.79 Å². The summed E-state index contributed by atoms with van der Waals surface area (Å²) in [5, 5.41) is 11.8. The van der Waals surface area contributed by atoms with Crippen molar-refractivity contribution in [3.8, 4) is 0 Å². The lowest BCUT2D eigenvalue weighted by atomic mass is 10.00. The molecule has 0 saturated heterocycles. The predicted octanol–water partition coefficient (Wildman–Crippen LogP) is -0.319. The van der Waals surface area contributed by atoms with E-state index in [1.165, 1.54) is 0 Å². The van der Waals surface area contributed by atoms with Crippen molar-refractivity contribution >= 4 is 12.4 Å². The second-order valence-corrected chi connectivity index (χ2v) is 3.25. The minimum atomic E-state index is -0.979. The zero-order chi connectivity index (χ0) is 11.1. The van der Waals surface area contributed by atoms with Crippen LogP contribution in [-0.4, -0.2) is 36.2 Å². The smallest absolute Gasteiger partial charge is 0.331 e. The largest absolute Gasteiger partial charge is 0.464 e. The van der Waals surface area contributed by atoms with Gasteiger partial charge in [0.1, 0.15) is 0 Å². The second-order valence-electron chi connectivity index (χ2n) is 3.25. The van der Waals surface area contributed by atoms with Gasteiger partial charge in [-0.25, -0.2) is 4.79 Å². The minimum Gasteiger partial charge on any atom is -0.464 e. The van der Waals surface area contributed by atoms with E-state index in [0.29, 0.717) is 6.41 Å². The van der Waals surface area contributed by atoms with Crippen LogP contribution in [0, 0.1) is 5.92 Å². The quantitative estimate of drug-likeness (QED) is 0.458. The van der Waals surface area contributed by atoms with Crippen LogP contribution < -0.4 is 5.32 Å². The van der Waals surface area contributed by atoms with Gasteiger partial charge in [-0.2, -0.15) is 0 Å². The summed E-state index contributed by atoms with van der Waals surface area (Å²) in [6, 6.07) is -0.979. The van der Waals surface area contributed by atoms with Gasteiger partial charge in [-0.1, -0.05) is 13.8 Å². The third kappa shape index (κ3) is 3.74. The Labute approximate surface area is 83.4 Å². The van der Waals surface area contributed by atoms with E-state index in [-0.39, 0.29) is 12.5 Å². The molecule has 5 nitrogen and oxygen atoms in total. The number of carbonyl (C=O) groups excluding carboxylic acids is 2. The maximum atomic E-state index is 11.3.